The van der Waals surface area contributed by atoms with E-state index in [4.69, 9.17) is 9.47 Å². The first-order valence-corrected chi connectivity index (χ1v) is 8.52. The zero-order chi connectivity index (χ0) is 15.9. The highest BCUT2D eigenvalue weighted by Gasteiger charge is 1.94. The van der Waals surface area contributed by atoms with Crippen LogP contribution in [0.2, 0.25) is 0 Å². The lowest BCUT2D eigenvalue weighted by atomic mass is 10.2. The summed E-state index contributed by atoms with van der Waals surface area (Å²) >= 11 is 0. The van der Waals surface area contributed by atoms with Crippen LogP contribution in [0.5, 0.6) is 11.5 Å². The lowest BCUT2D eigenvalue weighted by Gasteiger charge is -2.06. The quantitative estimate of drug-likeness (QED) is 0.351. The third-order valence-electron chi connectivity index (χ3n) is 3.30. The molecule has 1 rings (SSSR count). The Morgan fingerprint density at radius 1 is 0.682 bits per heavy atom. The Labute approximate surface area is 135 Å². The highest BCUT2D eigenvalue weighted by Crippen LogP contribution is 2.17. The van der Waals surface area contributed by atoms with E-state index >= 15 is 0 Å². The summed E-state index contributed by atoms with van der Waals surface area (Å²) in [5.41, 5.74) is 0. The van der Waals surface area contributed by atoms with Crippen molar-refractivity contribution in [2.75, 3.05) is 13.2 Å². The summed E-state index contributed by atoms with van der Waals surface area (Å²) < 4.78 is 11.3. The maximum Gasteiger partial charge on any atom is 0.120 e. The van der Waals surface area contributed by atoms with E-state index in [-0.39, 0.29) is 0 Å². The first kappa shape index (κ1) is 18.3. The smallest absolute Gasteiger partial charge is 0.120 e. The van der Waals surface area contributed by atoms with Gasteiger partial charge in [0.1, 0.15) is 24.7 Å². The van der Waals surface area contributed by atoms with Crippen LogP contribution in [0.25, 0.3) is 0 Å². The molecular formula is C20H30O2. The van der Waals surface area contributed by atoms with Gasteiger partial charge in [0.25, 0.3) is 0 Å². The molecule has 122 valence electrons. The van der Waals surface area contributed by atoms with Gasteiger partial charge in [-0.25, -0.2) is 0 Å². The zero-order valence-corrected chi connectivity index (χ0v) is 14.1. The molecule has 0 aromatic heterocycles. The molecule has 0 amide bonds. The molecule has 1 aromatic rings. The average molecular weight is 302 g/mol. The van der Waals surface area contributed by atoms with Crippen LogP contribution in [-0.4, -0.2) is 13.2 Å². The van der Waals surface area contributed by atoms with Gasteiger partial charge in [0, 0.05) is 0 Å². The first-order valence-electron chi connectivity index (χ1n) is 8.52. The molecule has 0 N–H and O–H groups in total. The number of benzene rings is 1. The molecule has 22 heavy (non-hydrogen) atoms. The van der Waals surface area contributed by atoms with Gasteiger partial charge >= 0.3 is 0 Å². The van der Waals surface area contributed by atoms with Crippen LogP contribution in [0.3, 0.4) is 0 Å². The Morgan fingerprint density at radius 3 is 1.45 bits per heavy atom. The normalized spacial score (nSPS) is 11.4. The molecule has 0 aliphatic rings. The van der Waals surface area contributed by atoms with E-state index in [1.54, 1.807) is 0 Å². The van der Waals surface area contributed by atoms with E-state index in [0.717, 1.165) is 24.3 Å². The molecule has 0 radical (unpaired) electrons. The van der Waals surface area contributed by atoms with Gasteiger partial charge in [-0.2, -0.15) is 0 Å². The highest BCUT2D eigenvalue weighted by molar-refractivity contribution is 5.31. The Kier molecular flexibility index (Phi) is 10.8. The molecule has 2 heteroatoms. The van der Waals surface area contributed by atoms with Crippen LogP contribution >= 0.6 is 0 Å². The second kappa shape index (κ2) is 13.0. The predicted molar refractivity (Wildman–Crippen MR) is 94.8 cm³/mol. The average Bonchev–Trinajstić information content (AvgIpc) is 2.55. The predicted octanol–water partition coefficient (Wildman–Crippen LogP) is 5.94. The van der Waals surface area contributed by atoms with Crippen molar-refractivity contribution in [1.82, 2.24) is 0 Å². The maximum absolute atomic E-state index is 5.65. The SMILES string of the molecule is CCCCC=CCOc1ccc(OCC=CCCCC)cc1. The summed E-state index contributed by atoms with van der Waals surface area (Å²) in [6.07, 6.45) is 15.8. The fourth-order valence-corrected chi connectivity index (χ4v) is 1.94. The van der Waals surface area contributed by atoms with Crippen LogP contribution in [0.15, 0.2) is 48.6 Å². The van der Waals surface area contributed by atoms with Crippen molar-refractivity contribution < 1.29 is 9.47 Å². The zero-order valence-electron chi connectivity index (χ0n) is 14.1. The number of unbranched alkanes of at least 4 members (excludes halogenated alkanes) is 4. The van der Waals surface area contributed by atoms with Crippen molar-refractivity contribution in [2.45, 2.75) is 52.4 Å². The van der Waals surface area contributed by atoms with Gasteiger partial charge in [-0.3, -0.25) is 0 Å². The summed E-state index contributed by atoms with van der Waals surface area (Å²) in [5, 5.41) is 0. The Bertz CT molecular complexity index is 377. The standard InChI is InChI=1S/C20H30O2/c1-3-5-7-9-11-17-21-19-13-15-20(16-14-19)22-18-12-10-8-6-4-2/h9-16H,3-8,17-18H2,1-2H3. The van der Waals surface area contributed by atoms with Gasteiger partial charge in [-0.15, -0.1) is 0 Å². The molecule has 0 bridgehead atoms. The number of hydrogen-bond donors (Lipinski definition) is 0. The molecule has 0 spiro atoms. The molecule has 0 aliphatic heterocycles. The maximum atomic E-state index is 5.65. The molecule has 0 unspecified atom stereocenters. The Balaban J connectivity index is 2.19. The minimum Gasteiger partial charge on any atom is -0.490 e. The second-order valence-electron chi connectivity index (χ2n) is 5.32. The molecule has 0 saturated carbocycles. The molecular weight excluding hydrogens is 272 g/mol. The molecule has 0 fully saturated rings. The highest BCUT2D eigenvalue weighted by atomic mass is 16.5. The van der Waals surface area contributed by atoms with Crippen LogP contribution in [0.1, 0.15) is 52.4 Å². The molecule has 0 aliphatic carbocycles. The van der Waals surface area contributed by atoms with Gasteiger partial charge in [-0.1, -0.05) is 63.8 Å². The lowest BCUT2D eigenvalue weighted by Crippen LogP contribution is -1.95. The minimum atomic E-state index is 0.629. The summed E-state index contributed by atoms with van der Waals surface area (Å²) in [4.78, 5) is 0. The van der Waals surface area contributed by atoms with Crippen molar-refractivity contribution in [3.63, 3.8) is 0 Å². The van der Waals surface area contributed by atoms with E-state index in [2.05, 4.69) is 38.2 Å². The second-order valence-corrected chi connectivity index (χ2v) is 5.32. The molecule has 0 atom stereocenters. The number of rotatable bonds is 12. The van der Waals surface area contributed by atoms with Crippen molar-refractivity contribution >= 4 is 0 Å². The number of hydrogen-bond acceptors (Lipinski definition) is 2. The van der Waals surface area contributed by atoms with Gasteiger partial charge in [0.15, 0.2) is 0 Å². The van der Waals surface area contributed by atoms with Crippen molar-refractivity contribution in [3.8, 4) is 11.5 Å². The van der Waals surface area contributed by atoms with E-state index in [1.807, 2.05) is 24.3 Å². The minimum absolute atomic E-state index is 0.629. The molecule has 1 aromatic carbocycles. The van der Waals surface area contributed by atoms with Crippen LogP contribution < -0.4 is 9.47 Å². The fourth-order valence-electron chi connectivity index (χ4n) is 1.94. The van der Waals surface area contributed by atoms with Crippen LogP contribution in [0, 0.1) is 0 Å². The summed E-state index contributed by atoms with van der Waals surface area (Å²) in [5.74, 6) is 1.76. The summed E-state index contributed by atoms with van der Waals surface area (Å²) in [6.45, 7) is 5.66. The number of allylic oxidation sites excluding steroid dienone is 2. The lowest BCUT2D eigenvalue weighted by molar-refractivity contribution is 0.352. The summed E-state index contributed by atoms with van der Waals surface area (Å²) in [7, 11) is 0. The van der Waals surface area contributed by atoms with E-state index in [0.29, 0.717) is 13.2 Å². The van der Waals surface area contributed by atoms with E-state index in [1.165, 1.54) is 25.7 Å². The van der Waals surface area contributed by atoms with Crippen LogP contribution in [0.4, 0.5) is 0 Å². The molecule has 0 saturated heterocycles. The Morgan fingerprint density at radius 2 is 1.09 bits per heavy atom. The van der Waals surface area contributed by atoms with Crippen LogP contribution in [-0.2, 0) is 0 Å². The topological polar surface area (TPSA) is 18.5 Å². The monoisotopic (exact) mass is 302 g/mol. The largest absolute Gasteiger partial charge is 0.490 e. The van der Waals surface area contributed by atoms with E-state index in [9.17, 15) is 0 Å². The van der Waals surface area contributed by atoms with Gasteiger partial charge in [0.05, 0.1) is 0 Å². The summed E-state index contributed by atoms with van der Waals surface area (Å²) in [6, 6.07) is 7.82. The van der Waals surface area contributed by atoms with Gasteiger partial charge in [0.2, 0.25) is 0 Å². The van der Waals surface area contributed by atoms with E-state index < -0.39 is 0 Å². The van der Waals surface area contributed by atoms with Gasteiger partial charge in [-0.05, 0) is 37.1 Å². The first-order chi connectivity index (χ1) is 10.9. The third-order valence-corrected chi connectivity index (χ3v) is 3.30. The van der Waals surface area contributed by atoms with Crippen molar-refractivity contribution in [2.24, 2.45) is 0 Å². The van der Waals surface area contributed by atoms with Crippen molar-refractivity contribution in [1.29, 1.82) is 0 Å². The number of ether oxygens (including phenoxy) is 2. The van der Waals surface area contributed by atoms with Gasteiger partial charge < -0.3 is 9.47 Å². The fraction of sp³-hybridized carbons (Fsp3) is 0.500. The van der Waals surface area contributed by atoms with Crippen molar-refractivity contribution in [3.05, 3.63) is 48.6 Å². The Hall–Kier alpha value is -1.70. The molecule has 0 heterocycles. The third kappa shape index (κ3) is 9.28. The molecule has 2 nitrogen and oxygen atoms in total.